The summed E-state index contributed by atoms with van der Waals surface area (Å²) in [5.74, 6) is 0.757. The first kappa shape index (κ1) is 18.2. The second kappa shape index (κ2) is 8.11. The van der Waals surface area contributed by atoms with Crippen LogP contribution in [0.2, 0.25) is 0 Å². The molecule has 1 N–H and O–H groups in total. The molecule has 0 aliphatic carbocycles. The number of furan rings is 1. The van der Waals surface area contributed by atoms with E-state index in [2.05, 4.69) is 6.07 Å². The van der Waals surface area contributed by atoms with E-state index >= 15 is 0 Å². The average molecular weight is 348 g/mol. The van der Waals surface area contributed by atoms with Crippen LogP contribution in [0.4, 0.5) is 0 Å². The fraction of sp³-hybridized carbons (Fsp3) is 0.353. The summed E-state index contributed by atoms with van der Waals surface area (Å²) >= 11 is 0. The summed E-state index contributed by atoms with van der Waals surface area (Å²) < 4.78 is 28.3. The molecule has 1 atom stereocenters. The number of sulfone groups is 1. The predicted octanol–water partition coefficient (Wildman–Crippen LogP) is 2.13. The zero-order chi connectivity index (χ0) is 17.6. The molecular formula is C17H20N2O4S. The first-order valence-corrected chi connectivity index (χ1v) is 9.39. The molecule has 6 nitrogen and oxygen atoms in total. The van der Waals surface area contributed by atoms with Gasteiger partial charge in [0.2, 0.25) is 0 Å². The molecule has 1 heterocycles. The van der Waals surface area contributed by atoms with Gasteiger partial charge >= 0.3 is 0 Å². The van der Waals surface area contributed by atoms with Crippen LogP contribution in [0.5, 0.6) is 0 Å². The van der Waals surface area contributed by atoms with Crippen molar-refractivity contribution in [1.82, 2.24) is 4.90 Å². The topological polar surface area (TPSA) is 94.5 Å². The van der Waals surface area contributed by atoms with Gasteiger partial charge in [0.1, 0.15) is 5.76 Å². The summed E-state index contributed by atoms with van der Waals surface area (Å²) in [5.41, 5.74) is 0.629. The van der Waals surface area contributed by atoms with E-state index < -0.39 is 15.9 Å². The lowest BCUT2D eigenvalue weighted by atomic mass is 10.1. The molecule has 1 aromatic heterocycles. The Balaban J connectivity index is 2.06. The maximum Gasteiger partial charge on any atom is 0.175 e. The number of aliphatic hydroxyl groups is 1. The van der Waals surface area contributed by atoms with E-state index in [-0.39, 0.29) is 4.90 Å². The van der Waals surface area contributed by atoms with Gasteiger partial charge in [0.05, 0.1) is 29.9 Å². The fourth-order valence-corrected chi connectivity index (χ4v) is 2.98. The number of rotatable bonds is 8. The molecule has 0 amide bonds. The van der Waals surface area contributed by atoms with Crippen LogP contribution in [-0.2, 0) is 16.4 Å². The van der Waals surface area contributed by atoms with Crippen LogP contribution in [0.25, 0.3) is 0 Å². The van der Waals surface area contributed by atoms with Gasteiger partial charge in [-0.3, -0.25) is 4.90 Å². The van der Waals surface area contributed by atoms with Gasteiger partial charge < -0.3 is 9.52 Å². The lowest BCUT2D eigenvalue weighted by Crippen LogP contribution is -2.29. The molecule has 0 bridgehead atoms. The molecule has 2 aromatic rings. The van der Waals surface area contributed by atoms with Gasteiger partial charge in [-0.25, -0.2) is 8.42 Å². The van der Waals surface area contributed by atoms with E-state index in [0.29, 0.717) is 31.6 Å². The highest BCUT2D eigenvalue weighted by Gasteiger charge is 2.16. The van der Waals surface area contributed by atoms with E-state index in [1.54, 1.807) is 24.5 Å². The van der Waals surface area contributed by atoms with Gasteiger partial charge in [0, 0.05) is 25.8 Å². The van der Waals surface area contributed by atoms with Crippen LogP contribution in [0.1, 0.15) is 23.8 Å². The number of nitriles is 1. The van der Waals surface area contributed by atoms with Crippen LogP contribution in [-0.4, -0.2) is 37.8 Å². The molecule has 0 saturated heterocycles. The standard InChI is InChI=1S/C17H20N2O4S/c1-24(21,22)16-7-5-14(6-8-16)17(20)13-19(10-3-9-18)12-15-4-2-11-23-15/h2,4-8,11,17,20H,3,10,12-13H2,1H3. The highest BCUT2D eigenvalue weighted by molar-refractivity contribution is 7.90. The van der Waals surface area contributed by atoms with Crippen molar-refractivity contribution in [3.63, 3.8) is 0 Å². The molecule has 0 aliphatic heterocycles. The van der Waals surface area contributed by atoms with Gasteiger partial charge in [-0.15, -0.1) is 0 Å². The molecule has 0 saturated carbocycles. The summed E-state index contributed by atoms with van der Waals surface area (Å²) in [6.07, 6.45) is 2.29. The summed E-state index contributed by atoms with van der Waals surface area (Å²) in [6, 6.07) is 11.9. The minimum atomic E-state index is -3.26. The summed E-state index contributed by atoms with van der Waals surface area (Å²) in [7, 11) is -3.26. The predicted molar refractivity (Wildman–Crippen MR) is 88.7 cm³/mol. The Kier molecular flexibility index (Phi) is 6.15. The van der Waals surface area contributed by atoms with E-state index in [4.69, 9.17) is 9.68 Å². The highest BCUT2D eigenvalue weighted by Crippen LogP contribution is 2.19. The molecule has 24 heavy (non-hydrogen) atoms. The molecule has 2 rings (SSSR count). The molecule has 1 unspecified atom stereocenters. The smallest absolute Gasteiger partial charge is 0.175 e. The summed E-state index contributed by atoms with van der Waals surface area (Å²) in [4.78, 5) is 2.15. The van der Waals surface area contributed by atoms with E-state index in [1.165, 1.54) is 12.1 Å². The lowest BCUT2D eigenvalue weighted by molar-refractivity contribution is 0.106. The second-order valence-corrected chi connectivity index (χ2v) is 7.60. The Morgan fingerprint density at radius 2 is 2.00 bits per heavy atom. The van der Waals surface area contributed by atoms with Crippen molar-refractivity contribution >= 4 is 9.84 Å². The van der Waals surface area contributed by atoms with Gasteiger partial charge in [-0.2, -0.15) is 5.26 Å². The minimum Gasteiger partial charge on any atom is -0.468 e. The SMILES string of the molecule is CS(=O)(=O)c1ccc(C(O)CN(CCC#N)Cc2ccco2)cc1. The average Bonchev–Trinajstić information content (AvgIpc) is 3.05. The summed E-state index contributed by atoms with van der Waals surface area (Å²) in [6.45, 7) is 1.32. The van der Waals surface area contributed by atoms with Gasteiger partial charge in [-0.1, -0.05) is 12.1 Å². The first-order valence-electron chi connectivity index (χ1n) is 7.50. The van der Waals surface area contributed by atoms with Crippen molar-refractivity contribution in [3.05, 3.63) is 54.0 Å². The monoisotopic (exact) mass is 348 g/mol. The maximum absolute atomic E-state index is 11.5. The summed E-state index contributed by atoms with van der Waals surface area (Å²) in [5, 5.41) is 19.2. The maximum atomic E-state index is 11.5. The molecule has 7 heteroatoms. The van der Waals surface area contributed by atoms with Crippen LogP contribution < -0.4 is 0 Å². The molecular weight excluding hydrogens is 328 g/mol. The van der Waals surface area contributed by atoms with Crippen molar-refractivity contribution in [3.8, 4) is 6.07 Å². The fourth-order valence-electron chi connectivity index (χ4n) is 2.35. The van der Waals surface area contributed by atoms with Crippen molar-refractivity contribution in [2.75, 3.05) is 19.3 Å². The Bertz CT molecular complexity index is 777. The lowest BCUT2D eigenvalue weighted by Gasteiger charge is -2.23. The minimum absolute atomic E-state index is 0.218. The zero-order valence-corrected chi connectivity index (χ0v) is 14.2. The number of benzene rings is 1. The van der Waals surface area contributed by atoms with Crippen LogP contribution in [0, 0.1) is 11.3 Å². The molecule has 1 aromatic carbocycles. The highest BCUT2D eigenvalue weighted by atomic mass is 32.2. The van der Waals surface area contributed by atoms with Crippen LogP contribution in [0.15, 0.2) is 52.0 Å². The number of nitrogens with zero attached hydrogens (tertiary/aromatic N) is 2. The normalized spacial score (nSPS) is 12.9. The first-order chi connectivity index (χ1) is 11.4. The van der Waals surface area contributed by atoms with E-state index in [9.17, 15) is 13.5 Å². The van der Waals surface area contributed by atoms with Crippen molar-refractivity contribution < 1.29 is 17.9 Å². The van der Waals surface area contributed by atoms with Crippen LogP contribution >= 0.6 is 0 Å². The van der Waals surface area contributed by atoms with Crippen LogP contribution in [0.3, 0.4) is 0 Å². The third-order valence-corrected chi connectivity index (χ3v) is 4.75. The number of hydrogen-bond acceptors (Lipinski definition) is 6. The van der Waals surface area contributed by atoms with Crippen molar-refractivity contribution in [1.29, 1.82) is 5.26 Å². The Hall–Kier alpha value is -2.14. The molecule has 0 spiro atoms. The molecule has 128 valence electrons. The van der Waals surface area contributed by atoms with Crippen molar-refractivity contribution in [2.24, 2.45) is 0 Å². The third-order valence-electron chi connectivity index (χ3n) is 3.62. The molecule has 0 radical (unpaired) electrons. The third kappa shape index (κ3) is 5.20. The van der Waals surface area contributed by atoms with Gasteiger partial charge in [-0.05, 0) is 29.8 Å². The quantitative estimate of drug-likeness (QED) is 0.785. The Labute approximate surface area is 141 Å². The zero-order valence-electron chi connectivity index (χ0n) is 13.4. The number of aliphatic hydroxyl groups excluding tert-OH is 1. The number of hydrogen-bond donors (Lipinski definition) is 1. The van der Waals surface area contributed by atoms with Crippen molar-refractivity contribution in [2.45, 2.75) is 24.0 Å². The second-order valence-electron chi connectivity index (χ2n) is 5.58. The molecule has 0 aliphatic rings. The Morgan fingerprint density at radius 1 is 1.29 bits per heavy atom. The van der Waals surface area contributed by atoms with E-state index in [0.717, 1.165) is 12.0 Å². The van der Waals surface area contributed by atoms with Gasteiger partial charge in [0.25, 0.3) is 0 Å². The molecule has 0 fully saturated rings. The van der Waals surface area contributed by atoms with Gasteiger partial charge in [0.15, 0.2) is 9.84 Å². The van der Waals surface area contributed by atoms with E-state index in [1.807, 2.05) is 11.0 Å². The largest absolute Gasteiger partial charge is 0.468 e. The Morgan fingerprint density at radius 3 is 2.54 bits per heavy atom.